The van der Waals surface area contributed by atoms with Crippen molar-refractivity contribution in [1.29, 1.82) is 0 Å². The highest BCUT2D eigenvalue weighted by molar-refractivity contribution is 5.97. The van der Waals surface area contributed by atoms with Crippen LogP contribution in [0.2, 0.25) is 0 Å². The van der Waals surface area contributed by atoms with Gasteiger partial charge in [-0.15, -0.1) is 0 Å². The zero-order chi connectivity index (χ0) is 25.9. The van der Waals surface area contributed by atoms with Crippen LogP contribution in [-0.4, -0.2) is 34.5 Å². The molecule has 0 saturated carbocycles. The van der Waals surface area contributed by atoms with Gasteiger partial charge in [-0.3, -0.25) is 9.59 Å². The molecule has 10 heteroatoms. The van der Waals surface area contributed by atoms with Crippen molar-refractivity contribution in [2.45, 2.75) is 39.8 Å². The van der Waals surface area contributed by atoms with Gasteiger partial charge in [-0.25, -0.2) is 13.2 Å². The summed E-state index contributed by atoms with van der Waals surface area (Å²) in [4.78, 5) is 26.4. The van der Waals surface area contributed by atoms with E-state index >= 15 is 0 Å². The van der Waals surface area contributed by atoms with Crippen LogP contribution in [0.1, 0.15) is 49.8 Å². The molecule has 2 atom stereocenters. The summed E-state index contributed by atoms with van der Waals surface area (Å²) in [6.07, 6.45) is 0. The van der Waals surface area contributed by atoms with E-state index in [1.807, 2.05) is 0 Å². The van der Waals surface area contributed by atoms with Gasteiger partial charge in [0.15, 0.2) is 0 Å². The van der Waals surface area contributed by atoms with Crippen molar-refractivity contribution in [1.82, 2.24) is 15.4 Å². The first-order chi connectivity index (χ1) is 16.5. The third-order valence-corrected chi connectivity index (χ3v) is 5.10. The minimum Gasteiger partial charge on any atom is -0.352 e. The number of hydrogen-bond acceptors (Lipinski definition) is 4. The van der Waals surface area contributed by atoms with Gasteiger partial charge in [-0.2, -0.15) is 4.39 Å². The molecule has 2 heterocycles. The second kappa shape index (κ2) is 10.7. The van der Waals surface area contributed by atoms with Crippen LogP contribution in [0.15, 0.2) is 47.0 Å². The largest absolute Gasteiger partial charge is 0.352 e. The van der Waals surface area contributed by atoms with Gasteiger partial charge in [0.1, 0.15) is 23.5 Å². The van der Waals surface area contributed by atoms with E-state index in [0.29, 0.717) is 6.07 Å². The summed E-state index contributed by atoms with van der Waals surface area (Å²) in [6, 6.07) is 6.26. The molecule has 6 nitrogen and oxygen atoms in total. The molecule has 1 aliphatic heterocycles. The molecular formula is C25H25F4N3O3. The normalized spacial score (nSPS) is 17.6. The summed E-state index contributed by atoms with van der Waals surface area (Å²) in [7, 11) is 0. The molecule has 1 aromatic heterocycles. The van der Waals surface area contributed by atoms with Crippen LogP contribution in [0.3, 0.4) is 0 Å². The Balaban J connectivity index is 0.000000795. The summed E-state index contributed by atoms with van der Waals surface area (Å²) in [5.41, 5.74) is -1.03. The summed E-state index contributed by atoms with van der Waals surface area (Å²) >= 11 is 0. The Hall–Kier alpha value is -3.69. The Bertz CT molecular complexity index is 1230. The van der Waals surface area contributed by atoms with Crippen molar-refractivity contribution in [2.24, 2.45) is 5.92 Å². The van der Waals surface area contributed by atoms with Crippen LogP contribution < -0.4 is 5.32 Å². The lowest BCUT2D eigenvalue weighted by Gasteiger charge is -2.37. The average Bonchev–Trinajstić information content (AvgIpc) is 3.16. The minimum absolute atomic E-state index is 0.154. The fourth-order valence-electron chi connectivity index (χ4n) is 3.42. The van der Waals surface area contributed by atoms with Crippen LogP contribution in [0.4, 0.5) is 17.6 Å². The molecule has 1 fully saturated rings. The number of nitrogens with zero attached hydrogens (tertiary/aromatic N) is 2. The maximum atomic E-state index is 14.9. The SMILES string of the molecule is CC(C)C.CC1C(=O)NC(c2ccccc2F)CN1C(=O)c1noc(-c2ccc(F)cc2F)c1F. The zero-order valence-electron chi connectivity index (χ0n) is 19.6. The third kappa shape index (κ3) is 5.70. The van der Waals surface area contributed by atoms with Crippen molar-refractivity contribution in [2.75, 3.05) is 6.54 Å². The number of carbonyl (C=O) groups is 2. The monoisotopic (exact) mass is 491 g/mol. The van der Waals surface area contributed by atoms with Crippen molar-refractivity contribution in [3.8, 4) is 11.3 Å². The molecule has 2 aromatic carbocycles. The van der Waals surface area contributed by atoms with Gasteiger partial charge >= 0.3 is 0 Å². The Morgan fingerprint density at radius 3 is 2.37 bits per heavy atom. The van der Waals surface area contributed by atoms with Crippen LogP contribution in [0.25, 0.3) is 11.3 Å². The molecule has 3 aromatic rings. The zero-order valence-corrected chi connectivity index (χ0v) is 19.6. The number of aromatic nitrogens is 1. The lowest BCUT2D eigenvalue weighted by atomic mass is 10.0. The highest BCUT2D eigenvalue weighted by atomic mass is 19.1. The average molecular weight is 491 g/mol. The van der Waals surface area contributed by atoms with Crippen LogP contribution >= 0.6 is 0 Å². The predicted molar refractivity (Wildman–Crippen MR) is 120 cm³/mol. The Labute approximate surface area is 199 Å². The maximum Gasteiger partial charge on any atom is 0.279 e. The van der Waals surface area contributed by atoms with Gasteiger partial charge in [0.2, 0.25) is 23.2 Å². The van der Waals surface area contributed by atoms with Gasteiger partial charge in [0.05, 0.1) is 11.6 Å². The highest BCUT2D eigenvalue weighted by Crippen LogP contribution is 2.30. The molecule has 4 rings (SSSR count). The van der Waals surface area contributed by atoms with Gasteiger partial charge in [0, 0.05) is 18.2 Å². The quantitative estimate of drug-likeness (QED) is 0.507. The van der Waals surface area contributed by atoms with Gasteiger partial charge in [-0.1, -0.05) is 44.1 Å². The second-order valence-electron chi connectivity index (χ2n) is 8.75. The second-order valence-corrected chi connectivity index (χ2v) is 8.75. The van der Waals surface area contributed by atoms with Crippen molar-refractivity contribution in [3.63, 3.8) is 0 Å². The molecule has 0 radical (unpaired) electrons. The van der Waals surface area contributed by atoms with E-state index < -0.39 is 64.2 Å². The van der Waals surface area contributed by atoms with Gasteiger partial charge in [-0.05, 0) is 31.0 Å². The molecule has 186 valence electrons. The molecule has 0 bridgehead atoms. The number of carbonyl (C=O) groups excluding carboxylic acids is 2. The predicted octanol–water partition coefficient (Wildman–Crippen LogP) is 5.26. The van der Waals surface area contributed by atoms with Crippen LogP contribution in [-0.2, 0) is 4.79 Å². The number of piperazine rings is 1. The number of rotatable bonds is 3. The first-order valence-electron chi connectivity index (χ1n) is 11.0. The Morgan fingerprint density at radius 2 is 1.74 bits per heavy atom. The molecule has 35 heavy (non-hydrogen) atoms. The first-order valence-corrected chi connectivity index (χ1v) is 11.0. The number of amides is 2. The van der Waals surface area contributed by atoms with Crippen molar-refractivity contribution in [3.05, 3.63) is 77.0 Å². The van der Waals surface area contributed by atoms with E-state index in [0.717, 1.165) is 23.0 Å². The Morgan fingerprint density at radius 1 is 1.09 bits per heavy atom. The summed E-state index contributed by atoms with van der Waals surface area (Å²) in [6.45, 7) is 7.77. The van der Waals surface area contributed by atoms with E-state index in [1.165, 1.54) is 25.1 Å². The van der Waals surface area contributed by atoms with E-state index in [1.54, 1.807) is 6.07 Å². The van der Waals surface area contributed by atoms with Gasteiger partial charge < -0.3 is 14.7 Å². The lowest BCUT2D eigenvalue weighted by Crippen LogP contribution is -2.57. The molecule has 1 N–H and O–H groups in total. The fraction of sp³-hybridized carbons (Fsp3) is 0.320. The summed E-state index contributed by atoms with van der Waals surface area (Å²) in [5.74, 6) is -5.20. The smallest absolute Gasteiger partial charge is 0.279 e. The third-order valence-electron chi connectivity index (χ3n) is 5.10. The van der Waals surface area contributed by atoms with Crippen LogP contribution in [0, 0.1) is 29.2 Å². The number of nitrogens with one attached hydrogen (secondary N) is 1. The van der Waals surface area contributed by atoms with E-state index in [4.69, 9.17) is 4.52 Å². The molecular weight excluding hydrogens is 466 g/mol. The molecule has 2 unspecified atom stereocenters. The summed E-state index contributed by atoms with van der Waals surface area (Å²) in [5, 5.41) is 6.02. The molecule has 0 aliphatic carbocycles. The van der Waals surface area contributed by atoms with E-state index in [-0.39, 0.29) is 12.1 Å². The standard InChI is InChI=1S/C21H15F4N3O3.C4H10/c1-10-20(29)26-16(12-4-2-3-5-14(12)23)9-28(10)21(30)18-17(25)19(31-27-18)13-7-6-11(22)8-15(13)24;1-4(2)3/h2-8,10,16H,9H2,1H3,(H,26,29);4H,1-3H3. The topological polar surface area (TPSA) is 75.4 Å². The fourth-order valence-corrected chi connectivity index (χ4v) is 3.42. The van der Waals surface area contributed by atoms with Crippen molar-refractivity contribution >= 4 is 11.8 Å². The first kappa shape index (κ1) is 25.9. The lowest BCUT2D eigenvalue weighted by molar-refractivity contribution is -0.128. The molecule has 0 spiro atoms. The number of halogens is 4. The molecule has 1 saturated heterocycles. The molecule has 1 aliphatic rings. The molecule has 2 amide bonds. The number of benzene rings is 2. The van der Waals surface area contributed by atoms with E-state index in [2.05, 4.69) is 31.2 Å². The van der Waals surface area contributed by atoms with Crippen LogP contribution in [0.5, 0.6) is 0 Å². The Kier molecular flexibility index (Phi) is 7.93. The highest BCUT2D eigenvalue weighted by Gasteiger charge is 2.39. The van der Waals surface area contributed by atoms with Gasteiger partial charge in [0.25, 0.3) is 5.91 Å². The maximum absolute atomic E-state index is 14.9. The minimum atomic E-state index is -1.25. The van der Waals surface area contributed by atoms with Crippen molar-refractivity contribution < 1.29 is 31.7 Å². The summed E-state index contributed by atoms with van der Waals surface area (Å²) < 4.78 is 61.0. The number of hydrogen-bond donors (Lipinski definition) is 1. The van der Waals surface area contributed by atoms with E-state index in [9.17, 15) is 27.2 Å².